The van der Waals surface area contributed by atoms with Gasteiger partial charge in [0.2, 0.25) is 0 Å². The Bertz CT molecular complexity index is 234. The SMILES string of the molecule is CCc1ncc(C)[nH]1.COCC(C)O. The summed E-state index contributed by atoms with van der Waals surface area (Å²) < 4.78 is 4.55. The molecule has 0 aromatic carbocycles. The van der Waals surface area contributed by atoms with E-state index in [4.69, 9.17) is 5.11 Å². The molecule has 82 valence electrons. The molecule has 1 heterocycles. The van der Waals surface area contributed by atoms with Crippen molar-refractivity contribution >= 4 is 0 Å². The van der Waals surface area contributed by atoms with E-state index in [0.29, 0.717) is 6.61 Å². The first kappa shape index (κ1) is 13.1. The van der Waals surface area contributed by atoms with Crippen LogP contribution in [0.5, 0.6) is 0 Å². The Morgan fingerprint density at radius 2 is 2.29 bits per heavy atom. The van der Waals surface area contributed by atoms with E-state index in [0.717, 1.165) is 17.9 Å². The first-order valence-corrected chi connectivity index (χ1v) is 4.77. The van der Waals surface area contributed by atoms with Gasteiger partial charge in [-0.1, -0.05) is 6.92 Å². The second-order valence-electron chi connectivity index (χ2n) is 3.17. The van der Waals surface area contributed by atoms with Gasteiger partial charge in [-0.3, -0.25) is 0 Å². The van der Waals surface area contributed by atoms with E-state index in [-0.39, 0.29) is 6.10 Å². The van der Waals surface area contributed by atoms with E-state index < -0.39 is 0 Å². The number of aromatic amines is 1. The fourth-order valence-electron chi connectivity index (χ4n) is 0.888. The zero-order valence-corrected chi connectivity index (χ0v) is 9.37. The summed E-state index contributed by atoms with van der Waals surface area (Å²) in [7, 11) is 1.56. The van der Waals surface area contributed by atoms with Gasteiger partial charge in [0.15, 0.2) is 0 Å². The van der Waals surface area contributed by atoms with Crippen LogP contribution in [-0.2, 0) is 11.2 Å². The molecule has 0 fully saturated rings. The lowest BCUT2D eigenvalue weighted by Gasteiger charge is -1.97. The Balaban J connectivity index is 0.000000255. The maximum atomic E-state index is 8.43. The van der Waals surface area contributed by atoms with Gasteiger partial charge in [0.05, 0.1) is 12.7 Å². The number of methoxy groups -OCH3 is 1. The summed E-state index contributed by atoms with van der Waals surface area (Å²) in [6.45, 7) is 6.20. The highest BCUT2D eigenvalue weighted by Gasteiger charge is 1.89. The van der Waals surface area contributed by atoms with Crippen molar-refractivity contribution in [3.63, 3.8) is 0 Å². The fraction of sp³-hybridized carbons (Fsp3) is 0.700. The largest absolute Gasteiger partial charge is 0.391 e. The van der Waals surface area contributed by atoms with E-state index in [2.05, 4.69) is 21.6 Å². The predicted octanol–water partition coefficient (Wildman–Crippen LogP) is 1.29. The minimum atomic E-state index is -0.324. The van der Waals surface area contributed by atoms with Crippen molar-refractivity contribution in [1.82, 2.24) is 9.97 Å². The van der Waals surface area contributed by atoms with Crippen LogP contribution in [0.3, 0.4) is 0 Å². The molecule has 0 aliphatic rings. The van der Waals surface area contributed by atoms with Crippen LogP contribution < -0.4 is 0 Å². The van der Waals surface area contributed by atoms with Gasteiger partial charge in [-0.05, 0) is 13.8 Å². The molecule has 0 aliphatic carbocycles. The molecule has 2 N–H and O–H groups in total. The quantitative estimate of drug-likeness (QED) is 0.773. The average molecular weight is 200 g/mol. The summed E-state index contributed by atoms with van der Waals surface area (Å²) in [5.74, 6) is 1.07. The molecule has 1 aromatic heterocycles. The van der Waals surface area contributed by atoms with E-state index in [1.807, 2.05) is 13.1 Å². The zero-order chi connectivity index (χ0) is 11.0. The van der Waals surface area contributed by atoms with Crippen molar-refractivity contribution < 1.29 is 9.84 Å². The number of aryl methyl sites for hydroxylation is 2. The predicted molar refractivity (Wildman–Crippen MR) is 56.3 cm³/mol. The summed E-state index contributed by atoms with van der Waals surface area (Å²) in [4.78, 5) is 7.19. The number of nitrogens with zero attached hydrogens (tertiary/aromatic N) is 1. The van der Waals surface area contributed by atoms with Crippen LogP contribution in [0.4, 0.5) is 0 Å². The third kappa shape index (κ3) is 6.62. The third-order valence-corrected chi connectivity index (χ3v) is 1.50. The molecule has 1 rings (SSSR count). The summed E-state index contributed by atoms with van der Waals surface area (Å²) in [5.41, 5.74) is 1.14. The highest BCUT2D eigenvalue weighted by molar-refractivity contribution is 4.97. The molecule has 0 bridgehead atoms. The van der Waals surface area contributed by atoms with Crippen LogP contribution in [-0.4, -0.2) is 34.9 Å². The Morgan fingerprint density at radius 1 is 1.64 bits per heavy atom. The highest BCUT2D eigenvalue weighted by atomic mass is 16.5. The van der Waals surface area contributed by atoms with Crippen molar-refractivity contribution in [1.29, 1.82) is 0 Å². The van der Waals surface area contributed by atoms with Crippen molar-refractivity contribution in [2.45, 2.75) is 33.3 Å². The lowest BCUT2D eigenvalue weighted by molar-refractivity contribution is 0.0765. The molecule has 0 amide bonds. The standard InChI is InChI=1S/C6H10N2.C4H10O2/c1-3-6-7-4-5(2)8-6;1-4(5)3-6-2/h4H,3H2,1-2H3,(H,7,8);4-5H,3H2,1-2H3. The van der Waals surface area contributed by atoms with Crippen LogP contribution in [0.1, 0.15) is 25.4 Å². The average Bonchev–Trinajstić information content (AvgIpc) is 2.52. The van der Waals surface area contributed by atoms with Crippen LogP contribution in [0.2, 0.25) is 0 Å². The zero-order valence-electron chi connectivity index (χ0n) is 9.37. The minimum Gasteiger partial charge on any atom is -0.391 e. The smallest absolute Gasteiger partial charge is 0.105 e. The van der Waals surface area contributed by atoms with Gasteiger partial charge in [0.1, 0.15) is 5.82 Å². The molecule has 0 saturated carbocycles. The Morgan fingerprint density at radius 3 is 2.43 bits per heavy atom. The van der Waals surface area contributed by atoms with Gasteiger partial charge >= 0.3 is 0 Å². The number of hydrogen-bond acceptors (Lipinski definition) is 3. The molecular weight excluding hydrogens is 180 g/mol. The maximum absolute atomic E-state index is 8.43. The van der Waals surface area contributed by atoms with E-state index in [1.165, 1.54) is 0 Å². The number of imidazole rings is 1. The molecule has 4 heteroatoms. The Hall–Kier alpha value is -0.870. The monoisotopic (exact) mass is 200 g/mol. The second kappa shape index (κ2) is 7.53. The molecular formula is C10H20N2O2. The first-order chi connectivity index (χ1) is 6.60. The normalized spacial score (nSPS) is 11.8. The topological polar surface area (TPSA) is 58.1 Å². The number of aromatic nitrogens is 2. The summed E-state index contributed by atoms with van der Waals surface area (Å²) in [6.07, 6.45) is 2.52. The number of nitrogens with one attached hydrogen (secondary N) is 1. The number of hydrogen-bond donors (Lipinski definition) is 2. The fourth-order valence-corrected chi connectivity index (χ4v) is 0.888. The number of aliphatic hydroxyl groups is 1. The van der Waals surface area contributed by atoms with E-state index in [1.54, 1.807) is 14.0 Å². The second-order valence-corrected chi connectivity index (χ2v) is 3.17. The van der Waals surface area contributed by atoms with Gasteiger partial charge in [-0.15, -0.1) is 0 Å². The maximum Gasteiger partial charge on any atom is 0.105 e. The first-order valence-electron chi connectivity index (χ1n) is 4.77. The summed E-state index contributed by atoms with van der Waals surface area (Å²) >= 11 is 0. The molecule has 0 spiro atoms. The lowest BCUT2D eigenvalue weighted by Crippen LogP contribution is -2.07. The molecule has 14 heavy (non-hydrogen) atoms. The highest BCUT2D eigenvalue weighted by Crippen LogP contribution is 1.93. The molecule has 0 radical (unpaired) electrons. The Kier molecular flexibility index (Phi) is 7.06. The molecule has 1 atom stereocenters. The van der Waals surface area contributed by atoms with E-state index in [9.17, 15) is 0 Å². The Labute approximate surface area is 85.3 Å². The van der Waals surface area contributed by atoms with Gasteiger partial charge < -0.3 is 14.8 Å². The van der Waals surface area contributed by atoms with Crippen molar-refractivity contribution in [2.75, 3.05) is 13.7 Å². The van der Waals surface area contributed by atoms with E-state index >= 15 is 0 Å². The van der Waals surface area contributed by atoms with Crippen molar-refractivity contribution in [3.05, 3.63) is 17.7 Å². The summed E-state index contributed by atoms with van der Waals surface area (Å²) in [5, 5.41) is 8.43. The molecule has 1 unspecified atom stereocenters. The molecule has 4 nitrogen and oxygen atoms in total. The van der Waals surface area contributed by atoms with Crippen LogP contribution >= 0.6 is 0 Å². The molecule has 0 aliphatic heterocycles. The van der Waals surface area contributed by atoms with Gasteiger partial charge in [0, 0.05) is 25.4 Å². The van der Waals surface area contributed by atoms with Gasteiger partial charge in [0.25, 0.3) is 0 Å². The third-order valence-electron chi connectivity index (χ3n) is 1.50. The van der Waals surface area contributed by atoms with Crippen LogP contribution in [0, 0.1) is 6.92 Å². The van der Waals surface area contributed by atoms with Gasteiger partial charge in [-0.25, -0.2) is 4.98 Å². The van der Waals surface area contributed by atoms with Gasteiger partial charge in [-0.2, -0.15) is 0 Å². The van der Waals surface area contributed by atoms with Crippen LogP contribution in [0.25, 0.3) is 0 Å². The van der Waals surface area contributed by atoms with Crippen molar-refractivity contribution in [2.24, 2.45) is 0 Å². The summed E-state index contributed by atoms with van der Waals surface area (Å²) in [6, 6.07) is 0. The number of rotatable bonds is 3. The van der Waals surface area contributed by atoms with Crippen LogP contribution in [0.15, 0.2) is 6.20 Å². The van der Waals surface area contributed by atoms with Crippen molar-refractivity contribution in [3.8, 4) is 0 Å². The number of H-pyrrole nitrogens is 1. The molecule has 1 aromatic rings. The molecule has 0 saturated heterocycles. The minimum absolute atomic E-state index is 0.324. The lowest BCUT2D eigenvalue weighted by atomic mass is 10.5. The number of aliphatic hydroxyl groups excluding tert-OH is 1. The number of ether oxygens (including phenoxy) is 1.